The molecule has 0 saturated heterocycles. The highest BCUT2D eigenvalue weighted by atomic mass is 16.5. The minimum Gasteiger partial charge on any atom is -0.493 e. The minimum absolute atomic E-state index is 0.162. The summed E-state index contributed by atoms with van der Waals surface area (Å²) in [7, 11) is 0. The molecule has 0 radical (unpaired) electrons. The van der Waals surface area contributed by atoms with E-state index in [0.29, 0.717) is 24.2 Å². The van der Waals surface area contributed by atoms with Crippen LogP contribution in [-0.4, -0.2) is 34.2 Å². The van der Waals surface area contributed by atoms with Crippen molar-refractivity contribution in [3.05, 3.63) is 94.8 Å². The molecule has 3 aromatic rings. The first-order valence-corrected chi connectivity index (χ1v) is 10.0. The number of aromatic nitrogens is 1. The van der Waals surface area contributed by atoms with Crippen molar-refractivity contribution in [3.8, 4) is 5.75 Å². The molecule has 7 nitrogen and oxygen atoms in total. The second-order valence-electron chi connectivity index (χ2n) is 7.51. The van der Waals surface area contributed by atoms with E-state index >= 15 is 0 Å². The normalized spacial score (nSPS) is 17.0. The number of carbonyl (C=O) groups excluding carboxylic acids is 3. The number of benzene rings is 2. The Hall–Kier alpha value is -4.00. The zero-order valence-electron chi connectivity index (χ0n) is 16.6. The summed E-state index contributed by atoms with van der Waals surface area (Å²) in [5, 5.41) is 3.02. The van der Waals surface area contributed by atoms with Crippen molar-refractivity contribution in [1.29, 1.82) is 0 Å². The Bertz CT molecular complexity index is 1190. The molecule has 2 aliphatic rings. The van der Waals surface area contributed by atoms with E-state index in [0.717, 1.165) is 16.9 Å². The lowest BCUT2D eigenvalue weighted by Gasteiger charge is -2.26. The zero-order chi connectivity index (χ0) is 21.4. The average Bonchev–Trinajstić information content (AvgIpc) is 3.04. The van der Waals surface area contributed by atoms with Crippen LogP contribution in [0.1, 0.15) is 54.7 Å². The molecule has 0 aliphatic carbocycles. The maximum absolute atomic E-state index is 12.9. The van der Waals surface area contributed by atoms with E-state index in [1.54, 1.807) is 36.7 Å². The molecule has 0 spiro atoms. The minimum atomic E-state index is -0.400. The molecule has 154 valence electrons. The smallest absolute Gasteiger partial charge is 0.261 e. The quantitative estimate of drug-likeness (QED) is 0.664. The van der Waals surface area contributed by atoms with E-state index in [-0.39, 0.29) is 30.0 Å². The number of ether oxygens (including phenoxy) is 1. The van der Waals surface area contributed by atoms with Gasteiger partial charge < -0.3 is 10.1 Å². The van der Waals surface area contributed by atoms with Gasteiger partial charge in [0.1, 0.15) is 5.75 Å². The molecule has 1 aromatic heterocycles. The molecular formula is C24H19N3O4. The second-order valence-corrected chi connectivity index (χ2v) is 7.51. The lowest BCUT2D eigenvalue weighted by molar-refractivity contribution is 0.0642. The van der Waals surface area contributed by atoms with Crippen molar-refractivity contribution in [3.63, 3.8) is 0 Å². The first kappa shape index (κ1) is 19.0. The Morgan fingerprint density at radius 3 is 2.65 bits per heavy atom. The molecule has 7 heteroatoms. The Morgan fingerprint density at radius 1 is 1.03 bits per heavy atom. The summed E-state index contributed by atoms with van der Waals surface area (Å²) < 4.78 is 5.65. The molecule has 31 heavy (non-hydrogen) atoms. The van der Waals surface area contributed by atoms with Crippen molar-refractivity contribution in [2.75, 3.05) is 6.61 Å². The van der Waals surface area contributed by atoms with Crippen molar-refractivity contribution in [2.24, 2.45) is 0 Å². The molecule has 0 saturated carbocycles. The maximum atomic E-state index is 12.9. The van der Waals surface area contributed by atoms with Gasteiger partial charge in [-0.1, -0.05) is 18.2 Å². The monoisotopic (exact) mass is 413 g/mol. The van der Waals surface area contributed by atoms with Crippen LogP contribution >= 0.6 is 0 Å². The van der Waals surface area contributed by atoms with Crippen LogP contribution in [0.5, 0.6) is 5.75 Å². The molecule has 0 bridgehead atoms. The van der Waals surface area contributed by atoms with Crippen LogP contribution in [0.15, 0.2) is 67.0 Å². The standard InChI is InChI=1S/C24H19N3O4/c28-22(26-20-9-12-31-21-4-2-1-3-18(20)21)16-5-6-17-19(13-16)24(30)27(23(17)29)14-15-7-10-25-11-8-15/h1-8,10-11,13,20H,9,12,14H2,(H,26,28). The second kappa shape index (κ2) is 7.68. The number of fused-ring (bicyclic) bond motifs is 2. The molecule has 3 heterocycles. The Morgan fingerprint density at radius 2 is 1.81 bits per heavy atom. The molecule has 5 rings (SSSR count). The zero-order valence-corrected chi connectivity index (χ0v) is 16.6. The van der Waals surface area contributed by atoms with E-state index in [2.05, 4.69) is 10.3 Å². The fraction of sp³-hybridized carbons (Fsp3) is 0.167. The van der Waals surface area contributed by atoms with Gasteiger partial charge in [-0.3, -0.25) is 24.3 Å². The highest BCUT2D eigenvalue weighted by Gasteiger charge is 2.36. The van der Waals surface area contributed by atoms with Crippen molar-refractivity contribution >= 4 is 17.7 Å². The predicted molar refractivity (Wildman–Crippen MR) is 112 cm³/mol. The Labute approximate surface area is 178 Å². The number of nitrogens with one attached hydrogen (secondary N) is 1. The van der Waals surface area contributed by atoms with Crippen LogP contribution in [0.25, 0.3) is 0 Å². The third-order valence-electron chi connectivity index (χ3n) is 5.59. The number of hydrogen-bond acceptors (Lipinski definition) is 5. The van der Waals surface area contributed by atoms with Gasteiger partial charge in [-0.05, 0) is 42.0 Å². The topological polar surface area (TPSA) is 88.6 Å². The third-order valence-corrected chi connectivity index (χ3v) is 5.59. The molecule has 3 amide bonds. The van der Waals surface area contributed by atoms with Gasteiger partial charge in [0.15, 0.2) is 0 Å². The summed E-state index contributed by atoms with van der Waals surface area (Å²) in [6, 6.07) is 15.6. The van der Waals surface area contributed by atoms with E-state index in [9.17, 15) is 14.4 Å². The van der Waals surface area contributed by atoms with Crippen LogP contribution in [0.4, 0.5) is 0 Å². The molecule has 1 N–H and O–H groups in total. The molecule has 1 atom stereocenters. The van der Waals surface area contributed by atoms with Gasteiger partial charge in [0.2, 0.25) is 0 Å². The number of carbonyl (C=O) groups is 3. The van der Waals surface area contributed by atoms with Crippen LogP contribution in [-0.2, 0) is 6.54 Å². The summed E-state index contributed by atoms with van der Waals surface area (Å²) in [5.74, 6) is -0.289. The molecule has 2 aromatic carbocycles. The van der Waals surface area contributed by atoms with Crippen molar-refractivity contribution in [1.82, 2.24) is 15.2 Å². The fourth-order valence-corrected chi connectivity index (χ4v) is 3.98. The van der Waals surface area contributed by atoms with Crippen molar-refractivity contribution < 1.29 is 19.1 Å². The maximum Gasteiger partial charge on any atom is 0.261 e. The van der Waals surface area contributed by atoms with Crippen LogP contribution in [0.2, 0.25) is 0 Å². The van der Waals surface area contributed by atoms with E-state index in [1.807, 2.05) is 24.3 Å². The molecule has 1 unspecified atom stereocenters. The van der Waals surface area contributed by atoms with Gasteiger partial charge in [-0.25, -0.2) is 0 Å². The fourth-order valence-electron chi connectivity index (χ4n) is 3.98. The van der Waals surface area contributed by atoms with Gasteiger partial charge in [0.05, 0.1) is 30.3 Å². The number of hydrogen-bond donors (Lipinski definition) is 1. The number of pyridine rings is 1. The number of para-hydroxylation sites is 1. The highest BCUT2D eigenvalue weighted by molar-refractivity contribution is 6.22. The predicted octanol–water partition coefficient (Wildman–Crippen LogP) is 3.13. The summed E-state index contributed by atoms with van der Waals surface area (Å²) in [4.78, 5) is 43.7. The highest BCUT2D eigenvalue weighted by Crippen LogP contribution is 2.32. The summed E-state index contributed by atoms with van der Waals surface area (Å²) in [6.45, 7) is 0.679. The third kappa shape index (κ3) is 3.44. The van der Waals surface area contributed by atoms with Gasteiger partial charge in [0.25, 0.3) is 17.7 Å². The summed E-state index contributed by atoms with van der Waals surface area (Å²) in [5.41, 5.74) is 2.64. The van der Waals surface area contributed by atoms with Crippen LogP contribution in [0.3, 0.4) is 0 Å². The average molecular weight is 413 g/mol. The summed E-state index contributed by atoms with van der Waals surface area (Å²) in [6.07, 6.45) is 3.89. The van der Waals surface area contributed by atoms with Gasteiger partial charge in [-0.15, -0.1) is 0 Å². The first-order chi connectivity index (χ1) is 15.1. The first-order valence-electron chi connectivity index (χ1n) is 10.0. The SMILES string of the molecule is O=C(NC1CCOc2ccccc21)c1ccc2c(c1)C(=O)N(Cc1ccncc1)C2=O. The largest absolute Gasteiger partial charge is 0.493 e. The lowest BCUT2D eigenvalue weighted by Crippen LogP contribution is -2.32. The Kier molecular flexibility index (Phi) is 4.71. The van der Waals surface area contributed by atoms with Gasteiger partial charge >= 0.3 is 0 Å². The number of imide groups is 1. The number of rotatable bonds is 4. The van der Waals surface area contributed by atoms with Gasteiger partial charge in [0, 0.05) is 29.9 Å². The lowest BCUT2D eigenvalue weighted by atomic mass is 9.99. The molecule has 2 aliphatic heterocycles. The summed E-state index contributed by atoms with van der Waals surface area (Å²) >= 11 is 0. The van der Waals surface area contributed by atoms with E-state index in [1.165, 1.54) is 11.0 Å². The van der Waals surface area contributed by atoms with E-state index in [4.69, 9.17) is 4.74 Å². The Balaban J connectivity index is 1.36. The molecular weight excluding hydrogens is 394 g/mol. The van der Waals surface area contributed by atoms with Gasteiger partial charge in [-0.2, -0.15) is 0 Å². The van der Waals surface area contributed by atoms with Crippen LogP contribution < -0.4 is 10.1 Å². The van der Waals surface area contributed by atoms with Crippen LogP contribution in [0, 0.1) is 0 Å². The van der Waals surface area contributed by atoms with Crippen molar-refractivity contribution in [2.45, 2.75) is 19.0 Å². The van der Waals surface area contributed by atoms with E-state index < -0.39 is 5.91 Å². The molecule has 0 fully saturated rings. The number of amides is 3. The number of nitrogens with zero attached hydrogens (tertiary/aromatic N) is 2.